The molecule has 53 atom stereocenters. The number of carbonyl (C=O) groups is 5. The predicted molar refractivity (Wildman–Crippen MR) is 404 cm³/mol. The molecule has 782 valence electrons. The second-order valence-corrected chi connectivity index (χ2v) is 33.8. The number of nitrogens with one attached hydrogen (secondary N) is 2. The first-order chi connectivity index (χ1) is 63.5. The average Bonchev–Trinajstić information content (AvgIpc) is 0.745. The van der Waals surface area contributed by atoms with Crippen LogP contribution in [0.15, 0.2) is 0 Å². The molecule has 38 N–H and O–H groups in total. The molecule has 0 aromatic rings. The van der Waals surface area contributed by atoms with Gasteiger partial charge >= 0.3 is 17.9 Å². The Morgan fingerprint density at radius 1 is 0.311 bits per heavy atom. The van der Waals surface area contributed by atoms with Gasteiger partial charge in [-0.1, -0.05) is 0 Å². The van der Waals surface area contributed by atoms with Gasteiger partial charge in [0.2, 0.25) is 11.8 Å². The molecule has 10 saturated heterocycles. The fourth-order valence-corrected chi connectivity index (χ4v) is 17.3. The number of carbonyl (C=O) groups excluding carboxylic acids is 2. The minimum atomic E-state index is -3.77. The molecule has 10 aliphatic heterocycles. The lowest BCUT2D eigenvalue weighted by molar-refractivity contribution is -0.425. The lowest BCUT2D eigenvalue weighted by Crippen LogP contribution is -2.72. The molecule has 62 heteroatoms. The normalized spacial score (nSPS) is 47.5. The van der Waals surface area contributed by atoms with Crippen molar-refractivity contribution in [2.24, 2.45) is 0 Å². The molecule has 135 heavy (non-hydrogen) atoms. The molecule has 62 nitrogen and oxygen atoms in total. The van der Waals surface area contributed by atoms with Gasteiger partial charge in [-0.25, -0.2) is 14.4 Å². The first-order valence-electron chi connectivity index (χ1n) is 42.1. The van der Waals surface area contributed by atoms with E-state index in [1.165, 1.54) is 0 Å². The van der Waals surface area contributed by atoms with E-state index in [0.717, 1.165) is 13.8 Å². The van der Waals surface area contributed by atoms with Crippen LogP contribution in [0.25, 0.3) is 0 Å². The minimum Gasteiger partial charge on any atom is -0.477 e. The summed E-state index contributed by atoms with van der Waals surface area (Å²) in [4.78, 5) is 65.0. The molecule has 0 unspecified atom stereocenters. The van der Waals surface area contributed by atoms with Crippen LogP contribution in [-0.4, -0.2) is 603 Å². The smallest absolute Gasteiger partial charge is 0.364 e. The van der Waals surface area contributed by atoms with Gasteiger partial charge in [0.15, 0.2) is 44.0 Å². The van der Waals surface area contributed by atoms with Crippen molar-refractivity contribution in [1.82, 2.24) is 10.6 Å². The number of aliphatic carboxylic acids is 3. The first-order valence-corrected chi connectivity index (χ1v) is 42.1. The zero-order valence-corrected chi connectivity index (χ0v) is 71.0. The standard InChI is InChI=1S/C73H120N2O60/c1-16(86)74-31-18(88)3-73(70(114)115,134-55(31)34(96)20(90)6-76)135-56-37(99)28(13-83)119-65(46(56)108)125-53-30(15-85)120-63(43(105)40(53)102)124-52-29(14-84)121-64(44(106)41(52)103)129-59-50(23(93)9-79)123-66(126-54-25(5-71(116,68(110)111)132-51(54)24(94)10-80)131-72(69(112)113)4-19(89)33(95)49(133-72)22(92)8-78)47(109)58(59)128-67-60(130-61-32(75-17(2)87)38(100)35(97)26(11-81)117-61)57(45(107)48(122-67)21(91)7-77)127-62-42(104)39(101)36(98)27(12-82)118-62/h18-67,76-85,88-109,116H,3-15H2,1-2H3,(H,74,86)(H,75,87)(H,110,111)(H,112,113)(H,114,115)/t18-,19+,20+,21-,22+,23-,24+,25+,26+,27+,28+,29+,30+,31+,32+,33+,34+,35+,36+,37-,38+,39-,40+,41+,42+,43+,44+,45+,46+,47-,48+,49+,50+,51+,52+,53+,54+,55+,56-,57-,58+,59+,60-,61+,62+,63-,64-,65-,66+,67+,71+,72+,73-/m0/s1. The number of ether oxygens (including phenoxy) is 19. The Kier molecular flexibility index (Phi) is 39.2. The van der Waals surface area contributed by atoms with E-state index in [-0.39, 0.29) is 0 Å². The maximum absolute atomic E-state index is 13.6. The maximum Gasteiger partial charge on any atom is 0.364 e. The summed E-state index contributed by atoms with van der Waals surface area (Å²) in [5.41, 5.74) is 0. The summed E-state index contributed by atoms with van der Waals surface area (Å²) in [6, 6.07) is -3.90. The summed E-state index contributed by atoms with van der Waals surface area (Å²) in [6.07, 6.45) is -124. The molecule has 2 amide bonds. The Hall–Kier alpha value is -4.73. The highest BCUT2D eigenvalue weighted by molar-refractivity contribution is 5.78. The summed E-state index contributed by atoms with van der Waals surface area (Å²) in [6.45, 7) is -12.1. The molecule has 10 rings (SSSR count). The van der Waals surface area contributed by atoms with E-state index in [2.05, 4.69) is 10.6 Å². The van der Waals surface area contributed by atoms with Crippen molar-refractivity contribution >= 4 is 29.7 Å². The number of hydrogen-bond donors (Lipinski definition) is 38. The van der Waals surface area contributed by atoms with Crippen LogP contribution < -0.4 is 10.6 Å². The summed E-state index contributed by atoms with van der Waals surface area (Å²) >= 11 is 0. The second-order valence-electron chi connectivity index (χ2n) is 33.8. The van der Waals surface area contributed by atoms with Gasteiger partial charge in [-0.05, 0) is 0 Å². The van der Waals surface area contributed by atoms with E-state index in [0.29, 0.717) is 0 Å². The van der Waals surface area contributed by atoms with Crippen molar-refractivity contribution in [3.8, 4) is 0 Å². The number of amides is 2. The fourth-order valence-electron chi connectivity index (χ4n) is 17.3. The first kappa shape index (κ1) is 112. The molecule has 0 aliphatic carbocycles. The highest BCUT2D eigenvalue weighted by atomic mass is 16.8. The third-order valence-corrected chi connectivity index (χ3v) is 24.5. The van der Waals surface area contributed by atoms with E-state index < -0.39 is 439 Å². The van der Waals surface area contributed by atoms with Crippen LogP contribution in [0.3, 0.4) is 0 Å². The van der Waals surface area contributed by atoms with Crippen LogP contribution in [0.2, 0.25) is 0 Å². The van der Waals surface area contributed by atoms with Gasteiger partial charge in [-0.2, -0.15) is 0 Å². The van der Waals surface area contributed by atoms with Crippen molar-refractivity contribution in [2.75, 3.05) is 66.1 Å². The van der Waals surface area contributed by atoms with Crippen LogP contribution in [-0.2, 0) is 114 Å². The molecular formula is C73H120N2O60. The lowest BCUT2D eigenvalue weighted by atomic mass is 9.88. The minimum absolute atomic E-state index is 0.837. The molecular weight excluding hydrogens is 1860 g/mol. The summed E-state index contributed by atoms with van der Waals surface area (Å²) in [5.74, 6) is -19.6. The molecule has 10 aliphatic rings. The van der Waals surface area contributed by atoms with Crippen LogP contribution in [0, 0.1) is 0 Å². The Labute approximate surface area is 759 Å². The molecule has 0 radical (unpaired) electrons. The lowest BCUT2D eigenvalue weighted by Gasteiger charge is -2.53. The van der Waals surface area contributed by atoms with E-state index in [4.69, 9.17) is 90.0 Å². The Balaban J connectivity index is 1.03. The summed E-state index contributed by atoms with van der Waals surface area (Å²) < 4.78 is 112. The maximum atomic E-state index is 13.6. The van der Waals surface area contributed by atoms with E-state index in [9.17, 15) is 208 Å². The van der Waals surface area contributed by atoms with Crippen LogP contribution in [0.1, 0.15) is 33.1 Å². The molecule has 0 spiro atoms. The predicted octanol–water partition coefficient (Wildman–Crippen LogP) is -24.9. The highest BCUT2D eigenvalue weighted by Gasteiger charge is 2.67. The molecule has 0 aromatic heterocycles. The highest BCUT2D eigenvalue weighted by Crippen LogP contribution is 2.47. The van der Waals surface area contributed by atoms with Gasteiger partial charge in [0, 0.05) is 33.1 Å². The SMILES string of the molecule is CC(=O)N[C@H]1[C@@H](O[C@@H]2[C@@H](O[C@@H]3[C@H](O)[C@@H](O[C@H]4[C@@H]([C@H](O)CO)O[C@@](O)(C(=O)O)C[C@H]4O[C@]4(C(=O)O)C[C@@H](O)[C@@H](O)[C@@H]([C@H](O)CO)O4)O[C@H]([C@@H](O)CO)[C@H]3O[C@@H]3O[C@H](CO)[C@@H](O[C@@H]4O[C@H](CO)[C@@H](O[C@@H]5O[C@H](CO)[C@H](O)[C@H](O[C@]6(C(=O)O)C[C@H](O)[C@@H](NC(C)=O)[C@H]([C@H](O)[C@H](O)CO)O6)[C@H]5O)[C@H](O)[C@H]4O)[C@H](O)[C@H]3O)O[C@H]([C@@H](O)CO)[C@@H](O)[C@@H]2O[C@H]2O[C@H](CO)[C@@H](O)[C@H](O)[C@H]2O)O[C@H](CO)[C@@H](O)[C@@H]1O. The van der Waals surface area contributed by atoms with E-state index in [1.54, 1.807) is 0 Å². The van der Waals surface area contributed by atoms with Crippen LogP contribution in [0.4, 0.5) is 0 Å². The van der Waals surface area contributed by atoms with Gasteiger partial charge in [0.1, 0.15) is 238 Å². The number of aliphatic hydroxyl groups is 33. The monoisotopic (exact) mass is 1980 g/mol. The zero-order valence-electron chi connectivity index (χ0n) is 71.0. The van der Waals surface area contributed by atoms with Crippen molar-refractivity contribution < 1.29 is 298 Å². The van der Waals surface area contributed by atoms with Gasteiger partial charge in [0.05, 0.1) is 90.4 Å². The van der Waals surface area contributed by atoms with Crippen LogP contribution in [0.5, 0.6) is 0 Å². The summed E-state index contributed by atoms with van der Waals surface area (Å²) in [7, 11) is 0. The third-order valence-electron chi connectivity index (χ3n) is 24.5. The van der Waals surface area contributed by atoms with E-state index >= 15 is 0 Å². The third kappa shape index (κ3) is 23.7. The van der Waals surface area contributed by atoms with E-state index in [1.807, 2.05) is 0 Å². The largest absolute Gasteiger partial charge is 0.477 e. The van der Waals surface area contributed by atoms with Crippen molar-refractivity contribution in [1.29, 1.82) is 0 Å². The number of aliphatic hydroxyl groups excluding tert-OH is 32. The molecule has 10 heterocycles. The van der Waals surface area contributed by atoms with Gasteiger partial charge < -0.3 is 284 Å². The quantitative estimate of drug-likeness (QED) is 0.0272. The van der Waals surface area contributed by atoms with Crippen LogP contribution >= 0.6 is 0 Å². The number of carboxylic acid groups (broad SMARTS) is 3. The number of rotatable bonds is 39. The molecule has 10 fully saturated rings. The topological polar surface area (TPSA) is 1010 Å². The second kappa shape index (κ2) is 47.2. The van der Waals surface area contributed by atoms with Crippen molar-refractivity contribution in [3.63, 3.8) is 0 Å². The van der Waals surface area contributed by atoms with Gasteiger partial charge in [-0.3, -0.25) is 9.59 Å². The van der Waals surface area contributed by atoms with Gasteiger partial charge in [-0.15, -0.1) is 0 Å². The number of hydrogen-bond acceptors (Lipinski definition) is 57. The Morgan fingerprint density at radius 3 is 1.19 bits per heavy atom. The molecule has 0 bridgehead atoms. The summed E-state index contributed by atoms with van der Waals surface area (Å²) in [5, 5.41) is 407. The zero-order chi connectivity index (χ0) is 100. The molecule has 0 aromatic carbocycles. The Morgan fingerprint density at radius 2 is 0.689 bits per heavy atom. The Bertz CT molecular complexity index is 3770. The average molecular weight is 1990 g/mol. The van der Waals surface area contributed by atoms with Gasteiger partial charge in [0.25, 0.3) is 17.4 Å². The molecule has 0 saturated carbocycles. The van der Waals surface area contributed by atoms with Crippen molar-refractivity contribution in [3.05, 3.63) is 0 Å². The van der Waals surface area contributed by atoms with Crippen molar-refractivity contribution in [2.45, 2.75) is 357 Å². The fraction of sp³-hybridized carbons (Fsp3) is 0.932. The number of carboxylic acids is 3.